The second-order valence-corrected chi connectivity index (χ2v) is 17.0. The maximum atomic E-state index is 15.0. The number of aldehydes is 1. The van der Waals surface area contributed by atoms with Gasteiger partial charge in [-0.1, -0.05) is 56.3 Å². The number of fused-ring (bicyclic) bond motifs is 6. The average molecular weight is 709 g/mol. The van der Waals surface area contributed by atoms with Crippen LogP contribution in [0.4, 0.5) is 5.69 Å². The number of para-hydroxylation sites is 1. The molecule has 52 heavy (non-hydrogen) atoms. The number of H-pyrrole nitrogens is 1. The number of rotatable bonds is 5. The number of hydrogen-bond donors (Lipinski definition) is 4. The summed E-state index contributed by atoms with van der Waals surface area (Å²) >= 11 is 0. The van der Waals surface area contributed by atoms with E-state index in [9.17, 15) is 24.9 Å². The van der Waals surface area contributed by atoms with Gasteiger partial charge >= 0.3 is 5.97 Å². The van der Waals surface area contributed by atoms with Gasteiger partial charge in [0.25, 0.3) is 0 Å². The number of aliphatic hydroxyl groups excluding tert-OH is 1. The number of likely N-dealkylation sites (N-methyl/N-ethyl adjacent to an activating group) is 1. The van der Waals surface area contributed by atoms with Gasteiger partial charge in [0.15, 0.2) is 11.9 Å². The molecule has 2 saturated heterocycles. The van der Waals surface area contributed by atoms with Crippen LogP contribution < -0.4 is 4.90 Å². The minimum Gasteiger partial charge on any atom is -0.468 e. The van der Waals surface area contributed by atoms with Crippen molar-refractivity contribution in [2.45, 2.75) is 92.6 Å². The summed E-state index contributed by atoms with van der Waals surface area (Å²) in [6, 6.07) is 13.6. The van der Waals surface area contributed by atoms with Crippen molar-refractivity contribution in [2.75, 3.05) is 51.8 Å². The fraction of sp³-hybridized carbons (Fsp3) is 0.571. The second kappa shape index (κ2) is 11.5. The Morgan fingerprint density at radius 3 is 2.63 bits per heavy atom. The highest BCUT2D eigenvalue weighted by molar-refractivity contribution is 5.93. The first kappa shape index (κ1) is 34.2. The zero-order valence-electron chi connectivity index (χ0n) is 30.8. The van der Waals surface area contributed by atoms with Crippen molar-refractivity contribution in [2.24, 2.45) is 11.3 Å². The number of anilines is 1. The molecule has 1 aromatic heterocycles. The first-order valence-corrected chi connectivity index (χ1v) is 19.3. The number of esters is 1. The van der Waals surface area contributed by atoms with Gasteiger partial charge in [-0.25, -0.2) is 0 Å². The number of methoxy groups -OCH3 is 1. The third kappa shape index (κ3) is 4.13. The Morgan fingerprint density at radius 1 is 1.08 bits per heavy atom. The number of piperidine rings is 1. The second-order valence-electron chi connectivity index (χ2n) is 17.0. The number of nitrogens with one attached hydrogen (secondary N) is 1. The molecule has 9 rings (SSSR count). The summed E-state index contributed by atoms with van der Waals surface area (Å²) in [6.07, 6.45) is 7.04. The quantitative estimate of drug-likeness (QED) is 0.179. The van der Waals surface area contributed by atoms with Crippen LogP contribution >= 0.6 is 0 Å². The van der Waals surface area contributed by atoms with Crippen molar-refractivity contribution in [1.82, 2.24) is 14.8 Å². The Kier molecular flexibility index (Phi) is 7.56. The molecule has 276 valence electrons. The Hall–Kier alpha value is -3.54. The zero-order valence-corrected chi connectivity index (χ0v) is 30.8. The van der Waals surface area contributed by atoms with E-state index in [4.69, 9.17) is 4.74 Å². The molecule has 7 unspecified atom stereocenters. The molecule has 3 fully saturated rings. The number of nitrogens with zero attached hydrogens (tertiary/aromatic N) is 3. The van der Waals surface area contributed by atoms with E-state index >= 15 is 0 Å². The van der Waals surface area contributed by atoms with Crippen LogP contribution in [0.25, 0.3) is 10.9 Å². The van der Waals surface area contributed by atoms with Crippen molar-refractivity contribution < 1.29 is 29.6 Å². The number of benzene rings is 2. The van der Waals surface area contributed by atoms with Crippen LogP contribution in [-0.4, -0.2) is 119 Å². The number of ether oxygens (including phenoxy) is 1. The monoisotopic (exact) mass is 708 g/mol. The van der Waals surface area contributed by atoms with E-state index in [1.54, 1.807) is 0 Å². The average Bonchev–Trinajstić information content (AvgIpc) is 3.82. The normalized spacial score (nSPS) is 40.6. The molecule has 4 N–H and O–H groups in total. The zero-order chi connectivity index (χ0) is 36.4. The minimum absolute atomic E-state index is 0.000166. The van der Waals surface area contributed by atoms with Crippen molar-refractivity contribution in [3.63, 3.8) is 0 Å². The standard InChI is InChI=1S/C42H52N4O6/c1-5-38(50)21-26-22-41(37(49)52-4,33-29(14-18-45(23-26)24-38)28-10-7-8-11-31(28)43-33)27-12-13-32-30(20-27)40-16-19-46-17-9-15-39(6-2,34(40)46)36(48)42(51,25-47)35(40)44(32)3/h7-13,15,20,25-26,34-36,43,48,50-51H,5-6,14,16-19,21-24H2,1-4H3/t26?,34?,35?,36?,38?,39-,40?,41+,42+/m1/s1. The Morgan fingerprint density at radius 2 is 1.88 bits per heavy atom. The fourth-order valence-electron chi connectivity index (χ4n) is 12.7. The molecule has 1 aliphatic carbocycles. The van der Waals surface area contributed by atoms with Gasteiger partial charge in [0.05, 0.1) is 18.8 Å². The number of aromatic amines is 1. The third-order valence-electron chi connectivity index (χ3n) is 14.8. The van der Waals surface area contributed by atoms with Crippen molar-refractivity contribution in [3.8, 4) is 0 Å². The molecule has 10 nitrogen and oxygen atoms in total. The molecule has 10 heteroatoms. The molecule has 2 aromatic carbocycles. The summed E-state index contributed by atoms with van der Waals surface area (Å²) in [4.78, 5) is 38.7. The lowest BCUT2D eigenvalue weighted by atomic mass is 9.48. The van der Waals surface area contributed by atoms with Gasteiger partial charge in [0, 0.05) is 72.4 Å². The number of hydrogen-bond acceptors (Lipinski definition) is 9. The van der Waals surface area contributed by atoms with Crippen LogP contribution in [0.1, 0.15) is 68.3 Å². The van der Waals surface area contributed by atoms with E-state index in [1.807, 2.05) is 44.0 Å². The van der Waals surface area contributed by atoms with Gasteiger partial charge in [-0.3, -0.25) is 19.4 Å². The molecule has 6 heterocycles. The van der Waals surface area contributed by atoms with Gasteiger partial charge in [-0.05, 0) is 79.8 Å². The molecule has 0 radical (unpaired) electrons. The number of carbonyl (C=O) groups is 2. The maximum absolute atomic E-state index is 15.0. The van der Waals surface area contributed by atoms with Gasteiger partial charge in [-0.2, -0.15) is 0 Å². The lowest BCUT2D eigenvalue weighted by Crippen LogP contribution is -2.79. The van der Waals surface area contributed by atoms with Crippen molar-refractivity contribution in [3.05, 3.63) is 77.0 Å². The van der Waals surface area contributed by atoms with E-state index in [1.165, 1.54) is 7.11 Å². The summed E-state index contributed by atoms with van der Waals surface area (Å²) in [5.74, 6) is -0.347. The summed E-state index contributed by atoms with van der Waals surface area (Å²) in [7, 11) is 3.39. The lowest BCUT2D eigenvalue weighted by molar-refractivity contribution is -0.193. The molecular weight excluding hydrogens is 656 g/mol. The van der Waals surface area contributed by atoms with Gasteiger partial charge in [-0.15, -0.1) is 0 Å². The van der Waals surface area contributed by atoms with Crippen molar-refractivity contribution in [1.29, 1.82) is 0 Å². The molecule has 0 amide bonds. The van der Waals surface area contributed by atoms with Gasteiger partial charge < -0.3 is 29.9 Å². The highest BCUT2D eigenvalue weighted by Crippen LogP contribution is 2.66. The predicted molar refractivity (Wildman–Crippen MR) is 198 cm³/mol. The predicted octanol–water partition coefficient (Wildman–Crippen LogP) is 3.44. The molecule has 3 aromatic rings. The number of carbonyl (C=O) groups excluding carboxylic acids is 2. The maximum Gasteiger partial charge on any atom is 0.322 e. The lowest BCUT2D eigenvalue weighted by Gasteiger charge is -2.62. The molecular formula is C42H52N4O6. The SMILES string of the molecule is CCC1(O)CC2CN(CCc3c([nH]c4ccccc34)[C@@](C(=O)OC)(c3ccc4c(c3)C35CCN6CC=C[C@](CC)(C63)C(O)[C@](O)(C=O)C5N4C)C2)C1. The van der Waals surface area contributed by atoms with E-state index in [0.717, 1.165) is 65.2 Å². The van der Waals surface area contributed by atoms with E-state index in [0.29, 0.717) is 51.4 Å². The molecule has 2 bridgehead atoms. The molecule has 1 spiro atoms. The minimum atomic E-state index is -2.03. The fourth-order valence-corrected chi connectivity index (χ4v) is 12.7. The Bertz CT molecular complexity index is 2000. The highest BCUT2D eigenvalue weighted by Gasteiger charge is 2.77. The number of aromatic nitrogens is 1. The van der Waals surface area contributed by atoms with Crippen LogP contribution in [-0.2, 0) is 31.6 Å². The molecule has 1 saturated carbocycles. The van der Waals surface area contributed by atoms with Crippen molar-refractivity contribution >= 4 is 28.8 Å². The van der Waals surface area contributed by atoms with E-state index in [2.05, 4.69) is 51.2 Å². The highest BCUT2D eigenvalue weighted by atomic mass is 16.5. The van der Waals surface area contributed by atoms with E-state index in [-0.39, 0.29) is 17.9 Å². The van der Waals surface area contributed by atoms with E-state index < -0.39 is 39.6 Å². The van der Waals surface area contributed by atoms with Crippen LogP contribution in [0, 0.1) is 11.3 Å². The van der Waals surface area contributed by atoms with Gasteiger partial charge in [0.1, 0.15) is 11.5 Å². The largest absolute Gasteiger partial charge is 0.468 e. The Labute approximate surface area is 305 Å². The summed E-state index contributed by atoms with van der Waals surface area (Å²) in [6.45, 7) is 7.71. The van der Waals surface area contributed by atoms with Crippen LogP contribution in [0.2, 0.25) is 0 Å². The molecule has 5 aliphatic heterocycles. The molecule has 6 aliphatic rings. The van der Waals surface area contributed by atoms with Crippen LogP contribution in [0.3, 0.4) is 0 Å². The summed E-state index contributed by atoms with van der Waals surface area (Å²) in [5.41, 5.74) is -0.0748. The first-order chi connectivity index (χ1) is 25.0. The third-order valence-corrected chi connectivity index (χ3v) is 14.8. The van der Waals surface area contributed by atoms with Crippen LogP contribution in [0.5, 0.6) is 0 Å². The first-order valence-electron chi connectivity index (χ1n) is 19.3. The van der Waals surface area contributed by atoms with Gasteiger partial charge in [0.2, 0.25) is 0 Å². The topological polar surface area (TPSA) is 130 Å². The van der Waals surface area contributed by atoms with Crippen LogP contribution in [0.15, 0.2) is 54.6 Å². The number of aliphatic hydroxyl groups is 3. The smallest absolute Gasteiger partial charge is 0.322 e. The Balaban J connectivity index is 1.32. The molecule has 10 atom stereocenters. The summed E-state index contributed by atoms with van der Waals surface area (Å²) < 4.78 is 5.86. The summed E-state index contributed by atoms with van der Waals surface area (Å²) in [5, 5.41) is 37.5.